The molecule has 0 aliphatic carbocycles. The molecular weight excluding hydrogens is 262 g/mol. The Morgan fingerprint density at radius 1 is 1.00 bits per heavy atom. The molecule has 0 amide bonds. The topological polar surface area (TPSA) is 118 Å². The minimum absolute atomic E-state index is 0. The summed E-state index contributed by atoms with van der Waals surface area (Å²) in [6, 6.07) is 0. The number of hydrogen-bond acceptors (Lipinski definition) is 4. The predicted octanol–water partition coefficient (Wildman–Crippen LogP) is -1.02. The Balaban J connectivity index is -0.0000000450. The van der Waals surface area contributed by atoms with Crippen molar-refractivity contribution in [3.63, 3.8) is 0 Å². The van der Waals surface area contributed by atoms with Crippen molar-refractivity contribution in [3.8, 4) is 0 Å². The Morgan fingerprint density at radius 3 is 1.00 bits per heavy atom. The van der Waals surface area contributed by atoms with E-state index in [4.69, 9.17) is 10.2 Å². The third kappa shape index (κ3) is 525000. The molecule has 0 aliphatic rings. The average molecular weight is 267 g/mol. The molecular formula is H5NO4W. The molecule has 0 unspecified atom stereocenters. The normalized spacial score (nSPS) is 4.00. The Kier molecular flexibility index (Phi) is 24.7. The first-order valence-electron chi connectivity index (χ1n) is 0.500. The Bertz CT molecular complexity index is 76.9. The van der Waals surface area contributed by atoms with Gasteiger partial charge in [0.2, 0.25) is 0 Å². The van der Waals surface area contributed by atoms with Crippen LogP contribution in [0.4, 0.5) is 0 Å². The summed E-state index contributed by atoms with van der Waals surface area (Å²) in [4.78, 5) is 0. The van der Waals surface area contributed by atoms with Crippen LogP contribution < -0.4 is 6.15 Å². The van der Waals surface area contributed by atoms with E-state index in [9.17, 15) is 0 Å². The van der Waals surface area contributed by atoms with Crippen molar-refractivity contribution < 1.29 is 32.9 Å². The van der Waals surface area contributed by atoms with E-state index in [0.29, 0.717) is 0 Å². The first-order valence-corrected chi connectivity index (χ1v) is 4.09. The van der Waals surface area contributed by atoms with Crippen molar-refractivity contribution in [2.45, 2.75) is 0 Å². The van der Waals surface area contributed by atoms with Gasteiger partial charge in [0.15, 0.2) is 0 Å². The SMILES string of the molecule is N.O.[O]=[W](=[O])=[O]. The van der Waals surface area contributed by atoms with E-state index < -0.39 is 17.2 Å². The zero-order valence-electron chi connectivity index (χ0n) is 2.84. The third-order valence-corrected chi connectivity index (χ3v) is 0. The van der Waals surface area contributed by atoms with Gasteiger partial charge in [0.1, 0.15) is 0 Å². The fourth-order valence-electron chi connectivity index (χ4n) is 0. The van der Waals surface area contributed by atoms with E-state index in [2.05, 4.69) is 0 Å². The van der Waals surface area contributed by atoms with Crippen LogP contribution in [0.25, 0.3) is 0 Å². The molecule has 0 heterocycles. The van der Waals surface area contributed by atoms with Crippen LogP contribution >= 0.6 is 0 Å². The van der Waals surface area contributed by atoms with Crippen LogP contribution in [-0.4, -0.2) is 5.48 Å². The van der Waals surface area contributed by atoms with E-state index in [0.717, 1.165) is 0 Å². The first kappa shape index (κ1) is 16.7. The van der Waals surface area contributed by atoms with E-state index in [1.165, 1.54) is 0 Å². The minimum atomic E-state index is -4.28. The van der Waals surface area contributed by atoms with Gasteiger partial charge < -0.3 is 11.6 Å². The van der Waals surface area contributed by atoms with Gasteiger partial charge in [-0.05, 0) is 0 Å². The second-order valence-corrected chi connectivity index (χ2v) is 1.67. The third-order valence-electron chi connectivity index (χ3n) is 0. The van der Waals surface area contributed by atoms with Gasteiger partial charge in [-0.25, -0.2) is 0 Å². The Labute approximate surface area is 39.7 Å². The van der Waals surface area contributed by atoms with Crippen molar-refractivity contribution in [2.24, 2.45) is 0 Å². The quantitative estimate of drug-likeness (QED) is 0.604. The molecule has 0 spiro atoms. The molecule has 0 atom stereocenters. The average Bonchev–Trinajstić information content (AvgIpc) is 0.811. The molecule has 0 fully saturated rings. The van der Waals surface area contributed by atoms with Gasteiger partial charge in [0, 0.05) is 0 Å². The zero-order valence-corrected chi connectivity index (χ0v) is 5.77. The molecule has 6 heavy (non-hydrogen) atoms. The van der Waals surface area contributed by atoms with Gasteiger partial charge in [-0.3, -0.25) is 0 Å². The van der Waals surface area contributed by atoms with Crippen LogP contribution in [0.1, 0.15) is 0 Å². The first-order chi connectivity index (χ1) is 1.73. The van der Waals surface area contributed by atoms with Gasteiger partial charge in [-0.15, -0.1) is 0 Å². The van der Waals surface area contributed by atoms with Gasteiger partial charge in [0.25, 0.3) is 0 Å². The molecule has 5 N–H and O–H groups in total. The predicted molar refractivity (Wildman–Crippen MR) is 10.7 cm³/mol. The zero-order chi connectivity index (χ0) is 3.58. The van der Waals surface area contributed by atoms with Crippen LogP contribution in [0, 0.1) is 0 Å². The van der Waals surface area contributed by atoms with E-state index in [-0.39, 0.29) is 11.6 Å². The summed E-state index contributed by atoms with van der Waals surface area (Å²) in [7, 11) is 0. The van der Waals surface area contributed by atoms with Crippen LogP contribution in [0.3, 0.4) is 0 Å². The molecule has 0 rings (SSSR count). The monoisotopic (exact) mass is 267 g/mol. The molecule has 0 bridgehead atoms. The molecule has 0 saturated carbocycles. The van der Waals surface area contributed by atoms with Crippen LogP contribution in [0.5, 0.6) is 0 Å². The van der Waals surface area contributed by atoms with Crippen molar-refractivity contribution >= 4 is 0 Å². The molecule has 0 aromatic heterocycles. The molecule has 0 aromatic carbocycles. The summed E-state index contributed by atoms with van der Waals surface area (Å²) in [5.74, 6) is 0. The molecule has 5 nitrogen and oxygen atoms in total. The molecule has 0 aliphatic heterocycles. The fraction of sp³-hybridized carbons (Fsp3) is 0. The van der Waals surface area contributed by atoms with Crippen LogP contribution in [0.15, 0.2) is 0 Å². The van der Waals surface area contributed by atoms with Crippen molar-refractivity contribution in [3.05, 3.63) is 0 Å². The molecule has 40 valence electrons. The van der Waals surface area contributed by atoms with Gasteiger partial charge in [0.05, 0.1) is 0 Å². The molecule has 0 radical (unpaired) electrons. The standard InChI is InChI=1S/H3N.H2O.3O.W/h1H3;1H2;;;;. The van der Waals surface area contributed by atoms with Gasteiger partial charge >= 0.3 is 27.4 Å². The van der Waals surface area contributed by atoms with E-state index >= 15 is 0 Å². The van der Waals surface area contributed by atoms with Gasteiger partial charge in [-0.2, -0.15) is 0 Å². The van der Waals surface area contributed by atoms with Crippen molar-refractivity contribution in [2.75, 3.05) is 0 Å². The summed E-state index contributed by atoms with van der Waals surface area (Å²) in [6.07, 6.45) is 0. The second-order valence-electron chi connectivity index (χ2n) is 0.204. The summed E-state index contributed by atoms with van der Waals surface area (Å²) in [5.41, 5.74) is 0. The molecule has 6 heteroatoms. The maximum atomic E-state index is 8.61. The summed E-state index contributed by atoms with van der Waals surface area (Å²) < 4.78 is 25.8. The summed E-state index contributed by atoms with van der Waals surface area (Å²) >= 11 is -4.28. The van der Waals surface area contributed by atoms with Crippen molar-refractivity contribution in [1.29, 1.82) is 0 Å². The van der Waals surface area contributed by atoms with E-state index in [1.807, 2.05) is 0 Å². The Morgan fingerprint density at radius 2 is 1.00 bits per heavy atom. The number of rotatable bonds is 0. The Hall–Kier alpha value is 0.00831. The van der Waals surface area contributed by atoms with Gasteiger partial charge in [-0.1, -0.05) is 0 Å². The second kappa shape index (κ2) is 8.89. The van der Waals surface area contributed by atoms with Crippen LogP contribution in [0.2, 0.25) is 0 Å². The van der Waals surface area contributed by atoms with Crippen LogP contribution in [-0.2, 0) is 27.4 Å². The summed E-state index contributed by atoms with van der Waals surface area (Å²) in [6.45, 7) is 0. The fourth-order valence-corrected chi connectivity index (χ4v) is 0. The molecule has 0 aromatic rings. The van der Waals surface area contributed by atoms with E-state index in [1.54, 1.807) is 0 Å². The molecule has 0 saturated heterocycles. The maximum absolute atomic E-state index is 8.61. The summed E-state index contributed by atoms with van der Waals surface area (Å²) in [5, 5.41) is 0. The van der Waals surface area contributed by atoms with Crippen molar-refractivity contribution in [1.82, 2.24) is 6.15 Å². The number of hydrogen-bond donors (Lipinski definition) is 1.